The Kier molecular flexibility index (Phi) is 3.08. The molecule has 0 saturated carbocycles. The fourth-order valence-corrected chi connectivity index (χ4v) is 1.23. The Balaban J connectivity index is 2.30. The second kappa shape index (κ2) is 4.69. The molecule has 0 fully saturated rings. The molecular formula is C10H9FN4O2. The highest BCUT2D eigenvalue weighted by Crippen LogP contribution is 2.09. The molecule has 0 N–H and O–H groups in total. The highest BCUT2D eigenvalue weighted by molar-refractivity contribution is 5.86. The summed E-state index contributed by atoms with van der Waals surface area (Å²) in [6.07, 6.45) is 2.61. The lowest BCUT2D eigenvalue weighted by Crippen LogP contribution is -2.04. The van der Waals surface area contributed by atoms with Crippen molar-refractivity contribution in [3.05, 3.63) is 36.2 Å². The summed E-state index contributed by atoms with van der Waals surface area (Å²) in [4.78, 5) is 14.8. The molecule has 0 aliphatic heterocycles. The Morgan fingerprint density at radius 2 is 2.41 bits per heavy atom. The van der Waals surface area contributed by atoms with E-state index < -0.39 is 11.9 Å². The van der Waals surface area contributed by atoms with E-state index in [0.29, 0.717) is 0 Å². The number of carbonyl (C=O) groups is 1. The van der Waals surface area contributed by atoms with Crippen molar-refractivity contribution in [2.24, 2.45) is 0 Å². The van der Waals surface area contributed by atoms with Crippen molar-refractivity contribution in [3.63, 3.8) is 0 Å². The maximum Gasteiger partial charge on any atom is 0.360 e. The number of hydrogen-bond acceptors (Lipinski definition) is 5. The fourth-order valence-electron chi connectivity index (χ4n) is 1.23. The van der Waals surface area contributed by atoms with Crippen molar-refractivity contribution >= 4 is 5.97 Å². The van der Waals surface area contributed by atoms with Gasteiger partial charge in [0.05, 0.1) is 12.8 Å². The van der Waals surface area contributed by atoms with Gasteiger partial charge in [0.2, 0.25) is 5.95 Å². The summed E-state index contributed by atoms with van der Waals surface area (Å²) in [6.45, 7) is 1.93. The topological polar surface area (TPSA) is 69.9 Å². The summed E-state index contributed by atoms with van der Waals surface area (Å²) in [6, 6.07) is 3.04. The quantitative estimate of drug-likeness (QED) is 0.586. The van der Waals surface area contributed by atoms with Gasteiger partial charge >= 0.3 is 5.97 Å². The predicted molar refractivity (Wildman–Crippen MR) is 55.1 cm³/mol. The zero-order valence-corrected chi connectivity index (χ0v) is 9.00. The number of rotatable bonds is 3. The molecule has 0 bridgehead atoms. The van der Waals surface area contributed by atoms with Gasteiger partial charge in [0.15, 0.2) is 5.69 Å². The minimum absolute atomic E-state index is 0.0232. The predicted octanol–water partition coefficient (Wildman–Crippen LogP) is 0.978. The molecule has 2 aromatic rings. The van der Waals surface area contributed by atoms with Crippen molar-refractivity contribution in [2.75, 3.05) is 6.61 Å². The van der Waals surface area contributed by atoms with Crippen LogP contribution in [0, 0.1) is 5.95 Å². The van der Waals surface area contributed by atoms with Gasteiger partial charge < -0.3 is 4.74 Å². The minimum atomic E-state index is -0.687. The first-order valence-corrected chi connectivity index (χ1v) is 4.92. The maximum atomic E-state index is 13.3. The van der Waals surface area contributed by atoms with E-state index >= 15 is 0 Å². The van der Waals surface area contributed by atoms with Gasteiger partial charge in [0, 0.05) is 6.20 Å². The summed E-state index contributed by atoms with van der Waals surface area (Å²) in [7, 11) is 0. The first-order chi connectivity index (χ1) is 8.22. The smallest absolute Gasteiger partial charge is 0.360 e. The number of hydrogen-bond donors (Lipinski definition) is 0. The Hall–Kier alpha value is -2.31. The SMILES string of the molecule is CCOC(=O)c1cn(-c2cccnc2F)nn1. The largest absolute Gasteiger partial charge is 0.461 e. The van der Waals surface area contributed by atoms with E-state index in [1.165, 1.54) is 18.5 Å². The normalized spacial score (nSPS) is 10.2. The van der Waals surface area contributed by atoms with Crippen molar-refractivity contribution in [2.45, 2.75) is 6.92 Å². The molecule has 88 valence electrons. The van der Waals surface area contributed by atoms with E-state index in [2.05, 4.69) is 15.3 Å². The van der Waals surface area contributed by atoms with Crippen LogP contribution in [-0.4, -0.2) is 32.6 Å². The molecule has 0 aliphatic rings. The van der Waals surface area contributed by atoms with E-state index in [4.69, 9.17) is 4.74 Å². The number of carbonyl (C=O) groups excluding carboxylic acids is 1. The summed E-state index contributed by atoms with van der Waals surface area (Å²) in [5.74, 6) is -1.28. The Labute approximate surface area is 96.0 Å². The molecule has 7 heteroatoms. The molecule has 2 heterocycles. The minimum Gasteiger partial charge on any atom is -0.461 e. The molecule has 0 unspecified atom stereocenters. The zero-order chi connectivity index (χ0) is 12.3. The lowest BCUT2D eigenvalue weighted by Gasteiger charge is -1.99. The van der Waals surface area contributed by atoms with E-state index in [9.17, 15) is 9.18 Å². The lowest BCUT2D eigenvalue weighted by molar-refractivity contribution is 0.0519. The third-order valence-corrected chi connectivity index (χ3v) is 1.96. The van der Waals surface area contributed by atoms with Gasteiger partial charge in [-0.1, -0.05) is 5.21 Å². The van der Waals surface area contributed by atoms with Crippen LogP contribution in [0.5, 0.6) is 0 Å². The fraction of sp³-hybridized carbons (Fsp3) is 0.200. The molecule has 2 rings (SSSR count). The molecule has 2 aromatic heterocycles. The van der Waals surface area contributed by atoms with Crippen LogP contribution in [0.25, 0.3) is 5.69 Å². The van der Waals surface area contributed by atoms with Crippen LogP contribution in [0.15, 0.2) is 24.5 Å². The average Bonchev–Trinajstić information content (AvgIpc) is 2.79. The Morgan fingerprint density at radius 3 is 3.12 bits per heavy atom. The second-order valence-electron chi connectivity index (χ2n) is 3.08. The van der Waals surface area contributed by atoms with Crippen molar-refractivity contribution < 1.29 is 13.9 Å². The van der Waals surface area contributed by atoms with Crippen LogP contribution in [0.4, 0.5) is 4.39 Å². The molecule has 0 aromatic carbocycles. The van der Waals surface area contributed by atoms with Gasteiger partial charge in [-0.3, -0.25) is 0 Å². The number of pyridine rings is 1. The van der Waals surface area contributed by atoms with Crippen molar-refractivity contribution in [1.29, 1.82) is 0 Å². The van der Waals surface area contributed by atoms with Gasteiger partial charge in [0.1, 0.15) is 5.69 Å². The van der Waals surface area contributed by atoms with E-state index in [0.717, 1.165) is 4.68 Å². The number of halogens is 1. The van der Waals surface area contributed by atoms with Crippen molar-refractivity contribution in [1.82, 2.24) is 20.0 Å². The Bertz CT molecular complexity index is 541. The highest BCUT2D eigenvalue weighted by Gasteiger charge is 2.14. The molecule has 0 aliphatic carbocycles. The first kappa shape index (κ1) is 11.2. The van der Waals surface area contributed by atoms with Gasteiger partial charge in [0.25, 0.3) is 0 Å². The zero-order valence-electron chi connectivity index (χ0n) is 9.00. The molecule has 17 heavy (non-hydrogen) atoms. The number of ether oxygens (including phenoxy) is 1. The molecule has 0 saturated heterocycles. The van der Waals surface area contributed by atoms with Crippen LogP contribution < -0.4 is 0 Å². The van der Waals surface area contributed by atoms with E-state index in [1.807, 2.05) is 0 Å². The average molecular weight is 236 g/mol. The summed E-state index contributed by atoms with van der Waals surface area (Å²) < 4.78 is 19.2. The van der Waals surface area contributed by atoms with E-state index in [1.54, 1.807) is 13.0 Å². The van der Waals surface area contributed by atoms with Crippen LogP contribution in [0.3, 0.4) is 0 Å². The second-order valence-corrected chi connectivity index (χ2v) is 3.08. The molecule has 0 amide bonds. The van der Waals surface area contributed by atoms with Gasteiger partial charge in [-0.25, -0.2) is 14.5 Å². The van der Waals surface area contributed by atoms with Gasteiger partial charge in [-0.05, 0) is 19.1 Å². The van der Waals surface area contributed by atoms with Crippen LogP contribution in [0.1, 0.15) is 17.4 Å². The molecule has 0 spiro atoms. The van der Waals surface area contributed by atoms with Crippen LogP contribution in [-0.2, 0) is 4.74 Å². The molecular weight excluding hydrogens is 227 g/mol. The monoisotopic (exact) mass is 236 g/mol. The summed E-state index contributed by atoms with van der Waals surface area (Å²) in [5, 5.41) is 7.23. The third-order valence-electron chi connectivity index (χ3n) is 1.96. The number of esters is 1. The van der Waals surface area contributed by atoms with Crippen LogP contribution in [0.2, 0.25) is 0 Å². The third kappa shape index (κ3) is 2.27. The van der Waals surface area contributed by atoms with Gasteiger partial charge in [-0.15, -0.1) is 5.10 Å². The summed E-state index contributed by atoms with van der Waals surface area (Å²) in [5.41, 5.74) is 0.144. The van der Waals surface area contributed by atoms with Crippen molar-refractivity contribution in [3.8, 4) is 5.69 Å². The molecule has 0 atom stereocenters. The number of aromatic nitrogens is 4. The lowest BCUT2D eigenvalue weighted by atomic mass is 10.4. The molecule has 0 radical (unpaired) electrons. The van der Waals surface area contributed by atoms with E-state index in [-0.39, 0.29) is 18.0 Å². The number of nitrogens with zero attached hydrogens (tertiary/aromatic N) is 4. The Morgan fingerprint density at radius 1 is 1.59 bits per heavy atom. The van der Waals surface area contributed by atoms with Gasteiger partial charge in [-0.2, -0.15) is 4.39 Å². The van der Waals surface area contributed by atoms with Crippen LogP contribution >= 0.6 is 0 Å². The molecule has 6 nitrogen and oxygen atoms in total. The standard InChI is InChI=1S/C10H9FN4O2/c1-2-17-10(16)7-6-15(14-13-7)8-4-3-5-12-9(8)11/h3-6H,2H2,1H3. The first-order valence-electron chi connectivity index (χ1n) is 4.92. The summed E-state index contributed by atoms with van der Waals surface area (Å²) >= 11 is 0. The highest BCUT2D eigenvalue weighted by atomic mass is 19.1. The maximum absolute atomic E-state index is 13.3.